The number of alkyl carbamates (subject to hydrolysis) is 1. The van der Waals surface area contributed by atoms with E-state index in [2.05, 4.69) is 20.9 Å². The largest absolute Gasteiger partial charge is 0.444 e. The lowest BCUT2D eigenvalue weighted by molar-refractivity contribution is 0.0178. The van der Waals surface area contributed by atoms with E-state index in [1.54, 1.807) is 0 Å². The molecule has 0 aromatic rings. The number of rotatable bonds is 3. The zero-order valence-corrected chi connectivity index (χ0v) is 12.2. The number of hydrogen-bond donors (Lipinski definition) is 3. The minimum absolute atomic E-state index is 0.0685. The van der Waals surface area contributed by atoms with Crippen molar-refractivity contribution in [1.29, 1.82) is 0 Å². The molecule has 110 valence electrons. The fraction of sp³-hybridized carbons (Fsp3) is 0.923. The lowest BCUT2D eigenvalue weighted by atomic mass is 9.89. The average molecular weight is 270 g/mol. The van der Waals surface area contributed by atoms with Gasteiger partial charge >= 0.3 is 6.09 Å². The van der Waals surface area contributed by atoms with Crippen LogP contribution in [0.1, 0.15) is 20.8 Å². The van der Waals surface area contributed by atoms with Gasteiger partial charge in [-0.05, 0) is 20.8 Å². The third kappa shape index (κ3) is 3.81. The topological polar surface area (TPSA) is 65.6 Å². The SMILES string of the molecule is CC(C)(C)OC(=O)NCC1(N2CCNCC2)CNC1. The number of piperazine rings is 1. The molecule has 0 aromatic heterocycles. The molecule has 2 aliphatic rings. The Balaban J connectivity index is 1.83. The summed E-state index contributed by atoms with van der Waals surface area (Å²) >= 11 is 0. The van der Waals surface area contributed by atoms with Crippen molar-refractivity contribution in [2.24, 2.45) is 0 Å². The van der Waals surface area contributed by atoms with Crippen molar-refractivity contribution in [2.75, 3.05) is 45.8 Å². The Morgan fingerprint density at radius 3 is 2.37 bits per heavy atom. The Labute approximate surface area is 115 Å². The number of carbonyl (C=O) groups is 1. The zero-order valence-electron chi connectivity index (χ0n) is 12.2. The second-order valence-corrected chi connectivity index (χ2v) is 6.42. The Hall–Kier alpha value is -0.850. The lowest BCUT2D eigenvalue weighted by Crippen LogP contribution is -2.75. The van der Waals surface area contributed by atoms with E-state index in [4.69, 9.17) is 4.74 Å². The Kier molecular flexibility index (Phi) is 4.32. The summed E-state index contributed by atoms with van der Waals surface area (Å²) in [6.45, 7) is 12.3. The monoisotopic (exact) mass is 270 g/mol. The normalized spacial score (nSPS) is 23.5. The van der Waals surface area contributed by atoms with E-state index in [0.29, 0.717) is 6.54 Å². The van der Waals surface area contributed by atoms with Crippen molar-refractivity contribution in [2.45, 2.75) is 31.9 Å². The molecule has 3 N–H and O–H groups in total. The van der Waals surface area contributed by atoms with Crippen LogP contribution < -0.4 is 16.0 Å². The summed E-state index contributed by atoms with van der Waals surface area (Å²) < 4.78 is 5.29. The average Bonchev–Trinajstić information content (AvgIpc) is 2.26. The van der Waals surface area contributed by atoms with Crippen LogP contribution in [-0.2, 0) is 4.74 Å². The third-order valence-electron chi connectivity index (χ3n) is 3.66. The van der Waals surface area contributed by atoms with Gasteiger partial charge in [-0.15, -0.1) is 0 Å². The van der Waals surface area contributed by atoms with Crippen LogP contribution in [0.2, 0.25) is 0 Å². The van der Waals surface area contributed by atoms with Gasteiger partial charge in [-0.1, -0.05) is 0 Å². The van der Waals surface area contributed by atoms with Crippen LogP contribution in [0.5, 0.6) is 0 Å². The van der Waals surface area contributed by atoms with Crippen molar-refractivity contribution in [3.05, 3.63) is 0 Å². The molecule has 2 aliphatic heterocycles. The third-order valence-corrected chi connectivity index (χ3v) is 3.66. The molecule has 0 aromatic carbocycles. The molecule has 2 heterocycles. The smallest absolute Gasteiger partial charge is 0.407 e. The molecule has 0 saturated carbocycles. The summed E-state index contributed by atoms with van der Waals surface area (Å²) in [4.78, 5) is 14.2. The van der Waals surface area contributed by atoms with Gasteiger partial charge in [0.05, 0.1) is 5.54 Å². The van der Waals surface area contributed by atoms with Crippen LogP contribution in [0.4, 0.5) is 4.79 Å². The second-order valence-electron chi connectivity index (χ2n) is 6.42. The van der Waals surface area contributed by atoms with Crippen LogP contribution in [-0.4, -0.2) is 67.9 Å². The quantitative estimate of drug-likeness (QED) is 0.660. The van der Waals surface area contributed by atoms with E-state index < -0.39 is 5.60 Å². The molecule has 0 bridgehead atoms. The Morgan fingerprint density at radius 1 is 1.26 bits per heavy atom. The number of nitrogens with one attached hydrogen (secondary N) is 3. The van der Waals surface area contributed by atoms with Gasteiger partial charge in [-0.2, -0.15) is 0 Å². The molecular weight excluding hydrogens is 244 g/mol. The molecule has 0 unspecified atom stereocenters. The first-order valence-electron chi connectivity index (χ1n) is 7.05. The maximum Gasteiger partial charge on any atom is 0.407 e. The first-order valence-corrected chi connectivity index (χ1v) is 7.05. The number of ether oxygens (including phenoxy) is 1. The molecular formula is C13H26N4O2. The molecule has 6 heteroatoms. The summed E-state index contributed by atoms with van der Waals surface area (Å²) in [6, 6.07) is 0. The Bertz CT molecular complexity index is 317. The van der Waals surface area contributed by atoms with E-state index in [-0.39, 0.29) is 11.6 Å². The van der Waals surface area contributed by atoms with E-state index >= 15 is 0 Å². The van der Waals surface area contributed by atoms with Crippen molar-refractivity contribution < 1.29 is 9.53 Å². The highest BCUT2D eigenvalue weighted by atomic mass is 16.6. The minimum atomic E-state index is -0.440. The van der Waals surface area contributed by atoms with Crippen LogP contribution in [0, 0.1) is 0 Å². The van der Waals surface area contributed by atoms with Crippen molar-refractivity contribution in [3.63, 3.8) is 0 Å². The zero-order chi connectivity index (χ0) is 13.9. The number of nitrogens with zero attached hydrogens (tertiary/aromatic N) is 1. The van der Waals surface area contributed by atoms with Gasteiger partial charge in [-0.3, -0.25) is 4.90 Å². The van der Waals surface area contributed by atoms with Crippen molar-refractivity contribution >= 4 is 6.09 Å². The summed E-state index contributed by atoms with van der Waals surface area (Å²) in [5.74, 6) is 0. The number of amides is 1. The van der Waals surface area contributed by atoms with E-state index in [1.165, 1.54) is 0 Å². The Morgan fingerprint density at radius 2 is 1.89 bits per heavy atom. The highest BCUT2D eigenvalue weighted by Gasteiger charge is 2.43. The predicted molar refractivity (Wildman–Crippen MR) is 74.3 cm³/mol. The maximum absolute atomic E-state index is 11.7. The summed E-state index contributed by atoms with van der Waals surface area (Å²) in [7, 11) is 0. The number of hydrogen-bond acceptors (Lipinski definition) is 5. The van der Waals surface area contributed by atoms with Gasteiger partial charge in [-0.25, -0.2) is 4.79 Å². The van der Waals surface area contributed by atoms with Crippen molar-refractivity contribution in [3.8, 4) is 0 Å². The molecule has 2 rings (SSSR count). The molecule has 6 nitrogen and oxygen atoms in total. The molecule has 2 saturated heterocycles. The fourth-order valence-corrected chi connectivity index (χ4v) is 2.56. The minimum Gasteiger partial charge on any atom is -0.444 e. The molecule has 19 heavy (non-hydrogen) atoms. The van der Waals surface area contributed by atoms with Crippen LogP contribution in [0.25, 0.3) is 0 Å². The van der Waals surface area contributed by atoms with Crippen LogP contribution in [0.3, 0.4) is 0 Å². The molecule has 0 aliphatic carbocycles. The first kappa shape index (κ1) is 14.6. The van der Waals surface area contributed by atoms with Gasteiger partial charge in [0, 0.05) is 45.8 Å². The summed E-state index contributed by atoms with van der Waals surface area (Å²) in [5.41, 5.74) is -0.372. The maximum atomic E-state index is 11.7. The number of carbonyl (C=O) groups excluding carboxylic acids is 1. The lowest BCUT2D eigenvalue weighted by Gasteiger charge is -2.52. The summed E-state index contributed by atoms with van der Waals surface area (Å²) in [6.07, 6.45) is -0.325. The van der Waals surface area contributed by atoms with Crippen LogP contribution in [0.15, 0.2) is 0 Å². The molecule has 2 fully saturated rings. The van der Waals surface area contributed by atoms with E-state index in [1.807, 2.05) is 20.8 Å². The van der Waals surface area contributed by atoms with Gasteiger partial charge in [0.25, 0.3) is 0 Å². The first-order chi connectivity index (χ1) is 8.91. The molecule has 0 atom stereocenters. The van der Waals surface area contributed by atoms with Gasteiger partial charge in [0.2, 0.25) is 0 Å². The highest BCUT2D eigenvalue weighted by molar-refractivity contribution is 5.67. The predicted octanol–water partition coefficient (Wildman–Crippen LogP) is -0.242. The van der Waals surface area contributed by atoms with E-state index in [0.717, 1.165) is 39.3 Å². The molecule has 1 amide bonds. The fourth-order valence-electron chi connectivity index (χ4n) is 2.56. The summed E-state index contributed by atoms with van der Waals surface area (Å²) in [5, 5.41) is 9.59. The standard InChI is InChI=1S/C13H26N4O2/c1-12(2,3)19-11(18)16-10-13(8-15-9-13)17-6-4-14-5-7-17/h14-15H,4-10H2,1-3H3,(H,16,18). The van der Waals surface area contributed by atoms with Gasteiger partial charge < -0.3 is 20.7 Å². The van der Waals surface area contributed by atoms with Crippen molar-refractivity contribution in [1.82, 2.24) is 20.9 Å². The van der Waals surface area contributed by atoms with Gasteiger partial charge in [0.15, 0.2) is 0 Å². The van der Waals surface area contributed by atoms with Crippen LogP contribution >= 0.6 is 0 Å². The van der Waals surface area contributed by atoms with Gasteiger partial charge in [0.1, 0.15) is 5.60 Å². The molecule has 0 spiro atoms. The molecule has 0 radical (unpaired) electrons. The highest BCUT2D eigenvalue weighted by Crippen LogP contribution is 2.20. The second kappa shape index (κ2) is 5.64. The van der Waals surface area contributed by atoms with E-state index in [9.17, 15) is 4.79 Å².